The number of nitrogens with one attached hydrogen (secondary N) is 2. The summed E-state index contributed by atoms with van der Waals surface area (Å²) < 4.78 is 46.8. The largest absolute Gasteiger partial charge is 0.399 e. The average molecular weight is 503 g/mol. The van der Waals surface area contributed by atoms with E-state index in [-0.39, 0.29) is 17.2 Å². The second-order valence-corrected chi connectivity index (χ2v) is 8.65. The summed E-state index contributed by atoms with van der Waals surface area (Å²) >= 11 is 0. The Morgan fingerprint density at radius 2 is 1.86 bits per heavy atom. The molecule has 1 amide bonds. The second-order valence-electron chi connectivity index (χ2n) is 8.65. The molecule has 1 atom stereocenters. The zero-order valence-electron chi connectivity index (χ0n) is 20.4. The van der Waals surface area contributed by atoms with Gasteiger partial charge in [-0.05, 0) is 45.0 Å². The number of hydrogen-bond acceptors (Lipinski definition) is 7. The van der Waals surface area contributed by atoms with Crippen LogP contribution in [0.4, 0.5) is 30.4 Å². The summed E-state index contributed by atoms with van der Waals surface area (Å²) in [5.41, 5.74) is 6.68. The maximum absolute atomic E-state index is 14.9. The molecule has 0 aliphatic carbocycles. The van der Waals surface area contributed by atoms with Crippen molar-refractivity contribution in [3.05, 3.63) is 52.6 Å². The molecule has 1 unspecified atom stereocenters. The van der Waals surface area contributed by atoms with Gasteiger partial charge in [-0.15, -0.1) is 0 Å². The molecule has 1 saturated heterocycles. The maximum Gasteiger partial charge on any atom is 0.266 e. The van der Waals surface area contributed by atoms with Crippen LogP contribution in [0.5, 0.6) is 0 Å². The molecule has 1 aromatic heterocycles. The van der Waals surface area contributed by atoms with Crippen LogP contribution in [0.3, 0.4) is 0 Å². The molecule has 36 heavy (non-hydrogen) atoms. The molecule has 1 aliphatic rings. The lowest BCUT2D eigenvalue weighted by Crippen LogP contribution is -2.41. The van der Waals surface area contributed by atoms with Gasteiger partial charge in [-0.2, -0.15) is 0 Å². The van der Waals surface area contributed by atoms with E-state index in [2.05, 4.69) is 20.6 Å². The normalized spacial score (nSPS) is 14.8. The van der Waals surface area contributed by atoms with E-state index >= 15 is 0 Å². The van der Waals surface area contributed by atoms with Gasteiger partial charge in [-0.3, -0.25) is 4.79 Å². The maximum atomic E-state index is 14.9. The van der Waals surface area contributed by atoms with Gasteiger partial charge >= 0.3 is 0 Å². The van der Waals surface area contributed by atoms with Gasteiger partial charge in [0.1, 0.15) is 17.5 Å². The number of carbonyl (C=O) groups is 1. The van der Waals surface area contributed by atoms with Crippen molar-refractivity contribution in [1.82, 2.24) is 14.9 Å². The molecule has 4 N–H and O–H groups in total. The number of aryl methyl sites for hydroxylation is 1. The van der Waals surface area contributed by atoms with Gasteiger partial charge in [0.2, 0.25) is 0 Å². The number of hydrogen-bond donors (Lipinski definition) is 3. The second kappa shape index (κ2) is 10.6. The number of nitrogens with two attached hydrogens (primary N) is 1. The topological polar surface area (TPSA) is 105 Å². The van der Waals surface area contributed by atoms with Crippen LogP contribution in [0, 0.1) is 12.7 Å². The SMILES string of the molecule is CCNc1cc2c(NC(C)c3cc(N)cc(C(F)F)c3F)nc(C)nc2cc1C(=O)N1CCOCC1. The van der Waals surface area contributed by atoms with E-state index in [9.17, 15) is 18.0 Å². The Kier molecular flexibility index (Phi) is 7.48. The number of aromatic nitrogens is 2. The number of nitrogens with zero attached hydrogens (tertiary/aromatic N) is 3. The summed E-state index contributed by atoms with van der Waals surface area (Å²) in [7, 11) is 0. The Labute approximate surface area is 207 Å². The van der Waals surface area contributed by atoms with Gasteiger partial charge in [0.25, 0.3) is 12.3 Å². The molecular formula is C25H29F3N6O2. The van der Waals surface area contributed by atoms with Crippen LogP contribution in [-0.2, 0) is 4.74 Å². The Bertz CT molecular complexity index is 1280. The number of nitrogen functional groups attached to an aromatic ring is 1. The van der Waals surface area contributed by atoms with Gasteiger partial charge in [-0.1, -0.05) is 0 Å². The van der Waals surface area contributed by atoms with Gasteiger partial charge in [0.05, 0.1) is 35.9 Å². The fourth-order valence-corrected chi connectivity index (χ4v) is 4.30. The molecule has 0 spiro atoms. The summed E-state index contributed by atoms with van der Waals surface area (Å²) in [4.78, 5) is 24.0. The minimum absolute atomic E-state index is 0.000683. The molecule has 0 bridgehead atoms. The van der Waals surface area contributed by atoms with Crippen molar-refractivity contribution in [1.29, 1.82) is 0 Å². The number of benzene rings is 2. The Morgan fingerprint density at radius 1 is 1.17 bits per heavy atom. The number of carbonyl (C=O) groups excluding carboxylic acids is 1. The van der Waals surface area contributed by atoms with Crippen LogP contribution in [0.2, 0.25) is 0 Å². The van der Waals surface area contributed by atoms with Crippen molar-refractivity contribution in [2.75, 3.05) is 49.2 Å². The fourth-order valence-electron chi connectivity index (χ4n) is 4.30. The minimum atomic E-state index is -2.99. The molecule has 11 heteroatoms. The summed E-state index contributed by atoms with van der Waals surface area (Å²) in [6, 6.07) is 5.03. The standard InChI is InChI=1S/C25H29F3N6O2/c1-4-30-20-11-17-21(12-18(20)25(35)34-5-7-36-8-6-34)32-14(3)33-24(17)31-13(2)16-9-15(29)10-19(22(16)26)23(27)28/h9-13,23,30H,4-8,29H2,1-3H3,(H,31,32,33). The first kappa shape index (κ1) is 25.5. The molecule has 2 heterocycles. The highest BCUT2D eigenvalue weighted by atomic mass is 19.3. The van der Waals surface area contributed by atoms with Crippen LogP contribution < -0.4 is 16.4 Å². The van der Waals surface area contributed by atoms with E-state index in [0.29, 0.717) is 66.6 Å². The molecule has 3 aromatic rings. The highest BCUT2D eigenvalue weighted by Crippen LogP contribution is 2.34. The summed E-state index contributed by atoms with van der Waals surface area (Å²) in [6.45, 7) is 7.80. The Hall–Kier alpha value is -3.60. The molecular weight excluding hydrogens is 473 g/mol. The van der Waals surface area contributed by atoms with Gasteiger partial charge in [0, 0.05) is 42.0 Å². The highest BCUT2D eigenvalue weighted by molar-refractivity contribution is 6.05. The minimum Gasteiger partial charge on any atom is -0.399 e. The monoisotopic (exact) mass is 502 g/mol. The summed E-state index contributed by atoms with van der Waals surface area (Å²) in [5, 5.41) is 6.95. The molecule has 8 nitrogen and oxygen atoms in total. The van der Waals surface area contributed by atoms with Crippen LogP contribution in [0.1, 0.15) is 53.6 Å². The van der Waals surface area contributed by atoms with E-state index in [1.165, 1.54) is 6.07 Å². The van der Waals surface area contributed by atoms with Crippen molar-refractivity contribution < 1.29 is 22.7 Å². The van der Waals surface area contributed by atoms with Crippen LogP contribution in [0.25, 0.3) is 10.9 Å². The third-order valence-corrected chi connectivity index (χ3v) is 6.05. The smallest absolute Gasteiger partial charge is 0.266 e. The molecule has 1 fully saturated rings. The highest BCUT2D eigenvalue weighted by Gasteiger charge is 2.24. The van der Waals surface area contributed by atoms with Crippen LogP contribution in [0.15, 0.2) is 24.3 Å². The lowest BCUT2D eigenvalue weighted by molar-refractivity contribution is 0.0303. The van der Waals surface area contributed by atoms with Crippen LogP contribution >= 0.6 is 0 Å². The molecule has 0 radical (unpaired) electrons. The number of rotatable bonds is 7. The number of anilines is 3. The number of morpholine rings is 1. The zero-order chi connectivity index (χ0) is 26.0. The lowest BCUT2D eigenvalue weighted by atomic mass is 10.0. The first-order valence-electron chi connectivity index (χ1n) is 11.8. The van der Waals surface area contributed by atoms with Crippen molar-refractivity contribution in [2.24, 2.45) is 0 Å². The number of amides is 1. The molecule has 0 saturated carbocycles. The Morgan fingerprint density at radius 3 is 2.53 bits per heavy atom. The van der Waals surface area contributed by atoms with E-state index in [0.717, 1.165) is 6.07 Å². The molecule has 4 rings (SSSR count). The number of ether oxygens (including phenoxy) is 1. The zero-order valence-corrected chi connectivity index (χ0v) is 20.4. The van der Waals surface area contributed by atoms with E-state index in [1.54, 1.807) is 30.9 Å². The summed E-state index contributed by atoms with van der Waals surface area (Å²) in [5.74, 6) is -0.327. The van der Waals surface area contributed by atoms with Crippen molar-refractivity contribution >= 4 is 34.0 Å². The Balaban J connectivity index is 1.76. The van der Waals surface area contributed by atoms with Crippen molar-refractivity contribution in [3.63, 3.8) is 0 Å². The lowest BCUT2D eigenvalue weighted by Gasteiger charge is -2.28. The first-order chi connectivity index (χ1) is 17.2. The van der Waals surface area contributed by atoms with Crippen molar-refractivity contribution in [2.45, 2.75) is 33.2 Å². The quantitative estimate of drug-likeness (QED) is 0.403. The molecule has 192 valence electrons. The van der Waals surface area contributed by atoms with Gasteiger partial charge in [0.15, 0.2) is 0 Å². The van der Waals surface area contributed by atoms with Gasteiger partial charge in [-0.25, -0.2) is 23.1 Å². The predicted octanol–water partition coefficient (Wildman–Crippen LogP) is 4.67. The fraction of sp³-hybridized carbons (Fsp3) is 0.400. The van der Waals surface area contributed by atoms with E-state index in [4.69, 9.17) is 10.5 Å². The number of alkyl halides is 2. The third kappa shape index (κ3) is 5.15. The molecule has 2 aromatic carbocycles. The molecule has 1 aliphatic heterocycles. The van der Waals surface area contributed by atoms with E-state index < -0.39 is 23.8 Å². The summed E-state index contributed by atoms with van der Waals surface area (Å²) in [6.07, 6.45) is -2.99. The van der Waals surface area contributed by atoms with Gasteiger partial charge < -0.3 is 26.0 Å². The number of fused-ring (bicyclic) bond motifs is 1. The average Bonchev–Trinajstić information content (AvgIpc) is 2.85. The first-order valence-corrected chi connectivity index (χ1v) is 11.8. The third-order valence-electron chi connectivity index (χ3n) is 6.05. The predicted molar refractivity (Wildman–Crippen MR) is 133 cm³/mol. The van der Waals surface area contributed by atoms with E-state index in [1.807, 2.05) is 6.92 Å². The van der Waals surface area contributed by atoms with Crippen LogP contribution in [-0.4, -0.2) is 53.6 Å². The number of halogens is 3. The van der Waals surface area contributed by atoms with Crippen molar-refractivity contribution in [3.8, 4) is 0 Å².